The van der Waals surface area contributed by atoms with Crippen LogP contribution < -0.4 is 4.74 Å². The number of aryl methyl sites for hydroxylation is 2. The maximum atomic E-state index is 9.08. The van der Waals surface area contributed by atoms with Gasteiger partial charge in [-0.3, -0.25) is 0 Å². The van der Waals surface area contributed by atoms with Gasteiger partial charge in [-0.1, -0.05) is 0 Å². The minimum atomic E-state index is 0.467. The van der Waals surface area contributed by atoms with Crippen molar-refractivity contribution < 1.29 is 4.74 Å². The van der Waals surface area contributed by atoms with Crippen molar-refractivity contribution in [3.8, 4) is 23.1 Å². The maximum absolute atomic E-state index is 9.08. The van der Waals surface area contributed by atoms with Crippen molar-refractivity contribution in [2.45, 2.75) is 12.8 Å². The summed E-state index contributed by atoms with van der Waals surface area (Å²) >= 11 is 0. The third-order valence-corrected chi connectivity index (χ3v) is 3.22. The molecule has 0 saturated carbocycles. The normalized spacial score (nSPS) is 13.6. The molecule has 0 amide bonds. The van der Waals surface area contributed by atoms with Gasteiger partial charge in [0, 0.05) is 12.6 Å². The van der Waals surface area contributed by atoms with Crippen LogP contribution in [0.3, 0.4) is 0 Å². The molecule has 0 fully saturated rings. The van der Waals surface area contributed by atoms with Crippen LogP contribution in [-0.4, -0.2) is 16.2 Å². The predicted molar refractivity (Wildman–Crippen MR) is 67.2 cm³/mol. The molecular weight excluding hydrogens is 226 g/mol. The van der Waals surface area contributed by atoms with E-state index in [4.69, 9.17) is 10.00 Å². The van der Waals surface area contributed by atoms with E-state index >= 15 is 0 Å². The van der Waals surface area contributed by atoms with Gasteiger partial charge < -0.3 is 9.30 Å². The van der Waals surface area contributed by atoms with Crippen molar-refractivity contribution in [1.82, 2.24) is 9.55 Å². The Bertz CT molecular complexity index is 637. The zero-order chi connectivity index (χ0) is 12.5. The van der Waals surface area contributed by atoms with Gasteiger partial charge in [0.15, 0.2) is 5.69 Å². The van der Waals surface area contributed by atoms with E-state index in [2.05, 4.69) is 17.1 Å². The van der Waals surface area contributed by atoms with E-state index in [1.807, 2.05) is 23.7 Å². The zero-order valence-electron chi connectivity index (χ0n) is 10.2. The Hall–Kier alpha value is -2.28. The van der Waals surface area contributed by atoms with Crippen LogP contribution in [0.1, 0.15) is 17.7 Å². The Balaban J connectivity index is 2.12. The molecule has 0 atom stereocenters. The van der Waals surface area contributed by atoms with Crippen LogP contribution in [0.15, 0.2) is 24.5 Å². The number of fused-ring (bicyclic) bond motifs is 1. The fourth-order valence-corrected chi connectivity index (χ4v) is 2.36. The SMILES string of the molecule is Cn1cnc(C#N)c1-c1ccc2c(c1)CCCO2. The Morgan fingerprint density at radius 3 is 3.17 bits per heavy atom. The second kappa shape index (κ2) is 4.19. The highest BCUT2D eigenvalue weighted by molar-refractivity contribution is 5.67. The van der Waals surface area contributed by atoms with Crippen LogP contribution in [0.5, 0.6) is 5.75 Å². The molecule has 4 nitrogen and oxygen atoms in total. The summed E-state index contributed by atoms with van der Waals surface area (Å²) in [6.07, 6.45) is 3.75. The number of nitriles is 1. The first-order chi connectivity index (χ1) is 8.79. The number of hydrogen-bond donors (Lipinski definition) is 0. The van der Waals surface area contributed by atoms with E-state index in [0.29, 0.717) is 5.69 Å². The molecule has 1 aromatic heterocycles. The second-order valence-corrected chi connectivity index (χ2v) is 4.44. The third-order valence-electron chi connectivity index (χ3n) is 3.22. The van der Waals surface area contributed by atoms with Gasteiger partial charge in [0.2, 0.25) is 0 Å². The van der Waals surface area contributed by atoms with E-state index in [1.165, 1.54) is 5.56 Å². The van der Waals surface area contributed by atoms with Gasteiger partial charge in [-0.2, -0.15) is 5.26 Å². The van der Waals surface area contributed by atoms with Crippen LogP contribution in [0, 0.1) is 11.3 Å². The highest BCUT2D eigenvalue weighted by Gasteiger charge is 2.15. The summed E-state index contributed by atoms with van der Waals surface area (Å²) in [5.74, 6) is 0.964. The average molecular weight is 239 g/mol. The molecular formula is C14H13N3O. The van der Waals surface area contributed by atoms with Crippen LogP contribution in [-0.2, 0) is 13.5 Å². The lowest BCUT2D eigenvalue weighted by atomic mass is 10.0. The van der Waals surface area contributed by atoms with Crippen molar-refractivity contribution in [3.63, 3.8) is 0 Å². The molecule has 90 valence electrons. The summed E-state index contributed by atoms with van der Waals surface area (Å²) < 4.78 is 7.47. The van der Waals surface area contributed by atoms with E-state index in [-0.39, 0.29) is 0 Å². The Morgan fingerprint density at radius 1 is 1.44 bits per heavy atom. The molecule has 0 spiro atoms. The average Bonchev–Trinajstić information content (AvgIpc) is 2.79. The molecule has 0 unspecified atom stereocenters. The summed E-state index contributed by atoms with van der Waals surface area (Å²) in [6, 6.07) is 8.21. The van der Waals surface area contributed by atoms with E-state index in [1.54, 1.807) is 6.33 Å². The lowest BCUT2D eigenvalue weighted by Crippen LogP contribution is -2.08. The molecule has 0 radical (unpaired) electrons. The number of aromatic nitrogens is 2. The molecule has 1 aliphatic rings. The smallest absolute Gasteiger partial charge is 0.166 e. The van der Waals surface area contributed by atoms with Gasteiger partial charge >= 0.3 is 0 Å². The van der Waals surface area contributed by atoms with Crippen molar-refractivity contribution in [1.29, 1.82) is 5.26 Å². The second-order valence-electron chi connectivity index (χ2n) is 4.44. The molecule has 4 heteroatoms. The van der Waals surface area contributed by atoms with Crippen LogP contribution >= 0.6 is 0 Å². The molecule has 0 N–H and O–H groups in total. The van der Waals surface area contributed by atoms with E-state index in [0.717, 1.165) is 36.5 Å². The van der Waals surface area contributed by atoms with Crippen molar-refractivity contribution in [3.05, 3.63) is 35.8 Å². The molecule has 3 rings (SSSR count). The minimum Gasteiger partial charge on any atom is -0.493 e. The number of imidazole rings is 1. The molecule has 1 aromatic carbocycles. The molecule has 1 aliphatic heterocycles. The molecule has 0 aliphatic carbocycles. The van der Waals surface area contributed by atoms with Gasteiger partial charge in [0.1, 0.15) is 11.8 Å². The van der Waals surface area contributed by atoms with Gasteiger partial charge in [0.25, 0.3) is 0 Å². The first kappa shape index (κ1) is 10.8. The summed E-state index contributed by atoms with van der Waals surface area (Å²) in [5.41, 5.74) is 3.57. The topological polar surface area (TPSA) is 50.8 Å². The lowest BCUT2D eigenvalue weighted by molar-refractivity contribution is 0.288. The van der Waals surface area contributed by atoms with Crippen molar-refractivity contribution >= 4 is 0 Å². The fraction of sp³-hybridized carbons (Fsp3) is 0.286. The largest absolute Gasteiger partial charge is 0.493 e. The number of ether oxygens (including phenoxy) is 1. The number of rotatable bonds is 1. The number of hydrogen-bond acceptors (Lipinski definition) is 3. The van der Waals surface area contributed by atoms with Gasteiger partial charge in [-0.15, -0.1) is 0 Å². The number of nitrogens with zero attached hydrogens (tertiary/aromatic N) is 3. The van der Waals surface area contributed by atoms with Crippen LogP contribution in [0.2, 0.25) is 0 Å². The number of benzene rings is 1. The van der Waals surface area contributed by atoms with E-state index in [9.17, 15) is 0 Å². The molecule has 2 heterocycles. The van der Waals surface area contributed by atoms with Gasteiger partial charge in [-0.05, 0) is 36.6 Å². The Labute approximate surface area is 105 Å². The molecule has 0 saturated heterocycles. The maximum Gasteiger partial charge on any atom is 0.166 e. The van der Waals surface area contributed by atoms with Gasteiger partial charge in [0.05, 0.1) is 18.6 Å². The van der Waals surface area contributed by atoms with E-state index < -0.39 is 0 Å². The van der Waals surface area contributed by atoms with Crippen molar-refractivity contribution in [2.24, 2.45) is 7.05 Å². The quantitative estimate of drug-likeness (QED) is 0.767. The third kappa shape index (κ3) is 1.65. The predicted octanol–water partition coefficient (Wildman–Crippen LogP) is 2.28. The van der Waals surface area contributed by atoms with Crippen molar-refractivity contribution in [2.75, 3.05) is 6.61 Å². The standard InChI is InChI=1S/C14H13N3O/c1-17-9-16-12(8-15)14(17)11-4-5-13-10(7-11)3-2-6-18-13/h4-5,7,9H,2-3,6H2,1H3. The fourth-order valence-electron chi connectivity index (χ4n) is 2.36. The summed E-state index contributed by atoms with van der Waals surface area (Å²) in [6.45, 7) is 0.793. The highest BCUT2D eigenvalue weighted by atomic mass is 16.5. The lowest BCUT2D eigenvalue weighted by Gasteiger charge is -2.18. The Kier molecular flexibility index (Phi) is 2.52. The molecule has 2 aromatic rings. The Morgan fingerprint density at radius 2 is 2.33 bits per heavy atom. The summed E-state index contributed by atoms with van der Waals surface area (Å²) in [4.78, 5) is 4.09. The first-order valence-electron chi connectivity index (χ1n) is 5.97. The van der Waals surface area contributed by atoms with Gasteiger partial charge in [-0.25, -0.2) is 4.98 Å². The monoisotopic (exact) mass is 239 g/mol. The zero-order valence-corrected chi connectivity index (χ0v) is 10.2. The summed E-state index contributed by atoms with van der Waals surface area (Å²) in [7, 11) is 1.90. The molecule has 0 bridgehead atoms. The summed E-state index contributed by atoms with van der Waals surface area (Å²) in [5, 5.41) is 9.08. The molecule has 18 heavy (non-hydrogen) atoms. The highest BCUT2D eigenvalue weighted by Crippen LogP contribution is 2.31. The van der Waals surface area contributed by atoms with Crippen LogP contribution in [0.4, 0.5) is 0 Å². The minimum absolute atomic E-state index is 0.467. The van der Waals surface area contributed by atoms with Crippen LogP contribution in [0.25, 0.3) is 11.3 Å². The first-order valence-corrected chi connectivity index (χ1v) is 5.97.